The van der Waals surface area contributed by atoms with Crippen molar-refractivity contribution >= 4 is 15.9 Å². The molecule has 82 valence electrons. The van der Waals surface area contributed by atoms with Gasteiger partial charge < -0.3 is 5.32 Å². The minimum atomic E-state index is -1.51. The van der Waals surface area contributed by atoms with E-state index in [1.54, 1.807) is 12.1 Å². The van der Waals surface area contributed by atoms with E-state index in [1.165, 1.54) is 6.07 Å². The van der Waals surface area contributed by atoms with E-state index in [-0.39, 0.29) is 5.56 Å². The van der Waals surface area contributed by atoms with E-state index < -0.39 is 11.5 Å². The van der Waals surface area contributed by atoms with E-state index in [0.29, 0.717) is 25.9 Å². The summed E-state index contributed by atoms with van der Waals surface area (Å²) in [7, 11) is 0. The Morgan fingerprint density at radius 2 is 1.93 bits per heavy atom. The van der Waals surface area contributed by atoms with Crippen LogP contribution in [0.2, 0.25) is 0 Å². The zero-order valence-electron chi connectivity index (χ0n) is 8.19. The number of hydrogen-bond donors (Lipinski definition) is 1. The number of hydrogen-bond acceptors (Lipinski definition) is 1. The summed E-state index contributed by atoms with van der Waals surface area (Å²) in [5, 5.41) is 3.07. The summed E-state index contributed by atoms with van der Waals surface area (Å²) in [6.07, 6.45) is 0.667. The average Bonchev–Trinajstić information content (AvgIpc) is 2.23. The van der Waals surface area contributed by atoms with Crippen molar-refractivity contribution in [3.63, 3.8) is 0 Å². The van der Waals surface area contributed by atoms with Crippen LogP contribution in [0.1, 0.15) is 18.4 Å². The highest BCUT2D eigenvalue weighted by molar-refractivity contribution is 9.10. The second kappa shape index (κ2) is 4.18. The third kappa shape index (κ3) is 2.21. The van der Waals surface area contributed by atoms with Gasteiger partial charge in [0.25, 0.3) is 0 Å². The van der Waals surface area contributed by atoms with Gasteiger partial charge in [-0.3, -0.25) is 0 Å². The van der Waals surface area contributed by atoms with Crippen LogP contribution in [0.3, 0.4) is 0 Å². The van der Waals surface area contributed by atoms with Crippen molar-refractivity contribution in [2.24, 2.45) is 0 Å². The minimum absolute atomic E-state index is 0.179. The lowest BCUT2D eigenvalue weighted by atomic mass is 9.86. The molecular formula is C11H12BrF2N. The van der Waals surface area contributed by atoms with E-state index >= 15 is 0 Å². The predicted octanol–water partition coefficient (Wildman–Crippen LogP) is 3.14. The van der Waals surface area contributed by atoms with Gasteiger partial charge in [-0.15, -0.1) is 0 Å². The molecule has 1 fully saturated rings. The number of nitrogens with one attached hydrogen (secondary N) is 1. The molecule has 0 unspecified atom stereocenters. The highest BCUT2D eigenvalue weighted by Gasteiger charge is 2.36. The van der Waals surface area contributed by atoms with Crippen LogP contribution in [0, 0.1) is 5.82 Å². The highest BCUT2D eigenvalue weighted by atomic mass is 79.9. The first-order valence-corrected chi connectivity index (χ1v) is 5.76. The Bertz CT molecular complexity index is 362. The van der Waals surface area contributed by atoms with Gasteiger partial charge in [0.2, 0.25) is 0 Å². The molecular weight excluding hydrogens is 264 g/mol. The van der Waals surface area contributed by atoms with Crippen molar-refractivity contribution in [2.75, 3.05) is 13.1 Å². The molecule has 0 amide bonds. The summed E-state index contributed by atoms with van der Waals surface area (Å²) in [4.78, 5) is 0. The van der Waals surface area contributed by atoms with E-state index in [0.717, 1.165) is 4.47 Å². The van der Waals surface area contributed by atoms with E-state index in [9.17, 15) is 8.78 Å². The lowest BCUT2D eigenvalue weighted by molar-refractivity contribution is 0.110. The Kier molecular flexibility index (Phi) is 3.07. The SMILES string of the molecule is Fc1ccc(Br)cc1C1(F)CCNCC1. The van der Waals surface area contributed by atoms with Gasteiger partial charge in [-0.2, -0.15) is 0 Å². The molecule has 0 saturated carbocycles. The predicted molar refractivity (Wildman–Crippen MR) is 59.0 cm³/mol. The Morgan fingerprint density at radius 3 is 2.60 bits per heavy atom. The van der Waals surface area contributed by atoms with Crippen molar-refractivity contribution < 1.29 is 8.78 Å². The topological polar surface area (TPSA) is 12.0 Å². The van der Waals surface area contributed by atoms with Crippen LogP contribution < -0.4 is 5.32 Å². The normalized spacial score (nSPS) is 20.2. The molecule has 0 bridgehead atoms. The first-order valence-electron chi connectivity index (χ1n) is 4.97. The number of piperidine rings is 1. The summed E-state index contributed by atoms with van der Waals surface area (Å²) in [5.74, 6) is -0.456. The average molecular weight is 276 g/mol. The standard InChI is InChI=1S/C11H12BrF2N/c12-8-1-2-10(13)9(7-8)11(14)3-5-15-6-4-11/h1-2,7,15H,3-6H2. The molecule has 1 aliphatic rings. The fourth-order valence-electron chi connectivity index (χ4n) is 1.93. The number of benzene rings is 1. The van der Waals surface area contributed by atoms with Gasteiger partial charge in [0, 0.05) is 10.0 Å². The molecule has 0 aliphatic carbocycles. The minimum Gasteiger partial charge on any atom is -0.316 e. The van der Waals surface area contributed by atoms with Crippen molar-refractivity contribution in [1.82, 2.24) is 5.32 Å². The lowest BCUT2D eigenvalue weighted by Crippen LogP contribution is -2.37. The molecule has 0 aromatic heterocycles. The third-order valence-corrected chi connectivity index (χ3v) is 3.30. The van der Waals surface area contributed by atoms with Crippen molar-refractivity contribution in [2.45, 2.75) is 18.5 Å². The second-order valence-electron chi connectivity index (χ2n) is 3.84. The molecule has 1 nitrogen and oxygen atoms in total. The van der Waals surface area contributed by atoms with E-state index in [1.807, 2.05) is 0 Å². The van der Waals surface area contributed by atoms with Crippen LogP contribution in [-0.2, 0) is 5.67 Å². The maximum absolute atomic E-state index is 14.4. The van der Waals surface area contributed by atoms with Gasteiger partial charge in [0.05, 0.1) is 0 Å². The van der Waals surface area contributed by atoms with Gasteiger partial charge in [0.15, 0.2) is 0 Å². The van der Waals surface area contributed by atoms with Gasteiger partial charge in [-0.1, -0.05) is 15.9 Å². The van der Waals surface area contributed by atoms with Crippen LogP contribution in [0.5, 0.6) is 0 Å². The van der Waals surface area contributed by atoms with Crippen molar-refractivity contribution in [1.29, 1.82) is 0 Å². The van der Waals surface area contributed by atoms with Gasteiger partial charge >= 0.3 is 0 Å². The third-order valence-electron chi connectivity index (χ3n) is 2.81. The quantitative estimate of drug-likeness (QED) is 0.831. The fraction of sp³-hybridized carbons (Fsp3) is 0.455. The molecule has 4 heteroatoms. The fourth-order valence-corrected chi connectivity index (χ4v) is 2.29. The van der Waals surface area contributed by atoms with Crippen molar-refractivity contribution in [3.05, 3.63) is 34.1 Å². The first kappa shape index (κ1) is 11.0. The van der Waals surface area contributed by atoms with Crippen LogP contribution in [0.25, 0.3) is 0 Å². The molecule has 15 heavy (non-hydrogen) atoms. The molecule has 1 saturated heterocycles. The molecule has 1 aliphatic heterocycles. The van der Waals surface area contributed by atoms with E-state index in [4.69, 9.17) is 0 Å². The van der Waals surface area contributed by atoms with Gasteiger partial charge in [-0.05, 0) is 44.1 Å². The smallest absolute Gasteiger partial charge is 0.141 e. The monoisotopic (exact) mass is 275 g/mol. The number of rotatable bonds is 1. The molecule has 1 heterocycles. The van der Waals surface area contributed by atoms with Crippen LogP contribution >= 0.6 is 15.9 Å². The lowest BCUT2D eigenvalue weighted by Gasteiger charge is -2.30. The van der Waals surface area contributed by atoms with Crippen LogP contribution in [0.15, 0.2) is 22.7 Å². The number of halogens is 3. The molecule has 0 atom stereocenters. The molecule has 2 rings (SSSR count). The molecule has 0 radical (unpaired) electrons. The van der Waals surface area contributed by atoms with Gasteiger partial charge in [0.1, 0.15) is 11.5 Å². The maximum atomic E-state index is 14.4. The Morgan fingerprint density at radius 1 is 1.27 bits per heavy atom. The van der Waals surface area contributed by atoms with Crippen LogP contribution in [0.4, 0.5) is 8.78 Å². The largest absolute Gasteiger partial charge is 0.316 e. The molecule has 0 spiro atoms. The highest BCUT2D eigenvalue weighted by Crippen LogP contribution is 2.37. The second-order valence-corrected chi connectivity index (χ2v) is 4.76. The Labute approximate surface area is 96.0 Å². The zero-order chi connectivity index (χ0) is 10.9. The summed E-state index contributed by atoms with van der Waals surface area (Å²) in [6.45, 7) is 1.20. The Hall–Kier alpha value is -0.480. The van der Waals surface area contributed by atoms with Crippen LogP contribution in [-0.4, -0.2) is 13.1 Å². The van der Waals surface area contributed by atoms with E-state index in [2.05, 4.69) is 21.2 Å². The number of alkyl halides is 1. The summed E-state index contributed by atoms with van der Waals surface area (Å²) in [5.41, 5.74) is -1.34. The maximum Gasteiger partial charge on any atom is 0.141 e. The summed E-state index contributed by atoms with van der Waals surface area (Å²) < 4.78 is 28.7. The molecule has 1 N–H and O–H groups in total. The summed E-state index contributed by atoms with van der Waals surface area (Å²) >= 11 is 3.24. The molecule has 1 aromatic rings. The summed E-state index contributed by atoms with van der Waals surface area (Å²) in [6, 6.07) is 4.44. The first-order chi connectivity index (χ1) is 7.12. The Balaban J connectivity index is 2.38. The zero-order valence-corrected chi connectivity index (χ0v) is 9.78. The molecule has 1 aromatic carbocycles. The van der Waals surface area contributed by atoms with Gasteiger partial charge in [-0.25, -0.2) is 8.78 Å². The van der Waals surface area contributed by atoms with Crippen molar-refractivity contribution in [3.8, 4) is 0 Å².